The fourth-order valence-electron chi connectivity index (χ4n) is 4.95. The SMILES string of the molecule is Cc1nc([C@@](C)([SiH3])c2cc(Cl)c(F)c(C(=O)NCCC3CCOCC3)c2OC(C)C)n2ccnc(N)c12. The molecule has 2 aromatic heterocycles. The highest BCUT2D eigenvalue weighted by Gasteiger charge is 2.37. The van der Waals surface area contributed by atoms with Gasteiger partial charge in [-0.15, -0.1) is 0 Å². The number of ether oxygens (including phenoxy) is 2. The molecule has 200 valence electrons. The van der Waals surface area contributed by atoms with Gasteiger partial charge >= 0.3 is 0 Å². The van der Waals surface area contributed by atoms with Gasteiger partial charge in [-0.2, -0.15) is 0 Å². The summed E-state index contributed by atoms with van der Waals surface area (Å²) in [5.74, 6) is 0.400. The highest BCUT2D eigenvalue weighted by Crippen LogP contribution is 2.42. The lowest BCUT2D eigenvalue weighted by molar-refractivity contribution is 0.0635. The molecule has 0 radical (unpaired) electrons. The number of fused-ring (bicyclic) bond motifs is 1. The summed E-state index contributed by atoms with van der Waals surface area (Å²) < 4.78 is 29.0. The van der Waals surface area contributed by atoms with Crippen LogP contribution in [0.25, 0.3) is 5.52 Å². The number of nitrogens with one attached hydrogen (secondary N) is 1. The number of nitrogens with zero attached hydrogens (tertiary/aromatic N) is 3. The van der Waals surface area contributed by atoms with Gasteiger partial charge in [0, 0.05) is 53.0 Å². The first-order chi connectivity index (χ1) is 17.5. The lowest BCUT2D eigenvalue weighted by Crippen LogP contribution is -2.32. The second-order valence-electron chi connectivity index (χ2n) is 10.4. The van der Waals surface area contributed by atoms with Gasteiger partial charge in [-0.05, 0) is 52.0 Å². The largest absolute Gasteiger partial charge is 0.490 e. The molecule has 0 aliphatic carbocycles. The molecule has 0 bridgehead atoms. The zero-order chi connectivity index (χ0) is 26.9. The van der Waals surface area contributed by atoms with Crippen LogP contribution in [-0.4, -0.2) is 56.4 Å². The van der Waals surface area contributed by atoms with Crippen molar-refractivity contribution in [1.82, 2.24) is 19.7 Å². The molecule has 1 amide bonds. The van der Waals surface area contributed by atoms with E-state index in [-0.39, 0.29) is 22.4 Å². The van der Waals surface area contributed by atoms with Crippen LogP contribution in [0.1, 0.15) is 67.5 Å². The van der Waals surface area contributed by atoms with Gasteiger partial charge < -0.3 is 20.5 Å². The van der Waals surface area contributed by atoms with Crippen molar-refractivity contribution in [1.29, 1.82) is 0 Å². The van der Waals surface area contributed by atoms with Gasteiger partial charge in [0.15, 0.2) is 5.82 Å². The maximum atomic E-state index is 15.5. The van der Waals surface area contributed by atoms with E-state index in [4.69, 9.17) is 31.8 Å². The highest BCUT2D eigenvalue weighted by atomic mass is 35.5. The molecule has 3 aromatic rings. The Morgan fingerprint density at radius 3 is 2.81 bits per heavy atom. The van der Waals surface area contributed by atoms with Crippen LogP contribution in [0.2, 0.25) is 5.02 Å². The van der Waals surface area contributed by atoms with Crippen LogP contribution in [-0.2, 0) is 9.78 Å². The molecule has 8 nitrogen and oxygen atoms in total. The van der Waals surface area contributed by atoms with Crippen LogP contribution in [0.3, 0.4) is 0 Å². The Balaban J connectivity index is 1.77. The quantitative estimate of drug-likeness (QED) is 0.419. The van der Waals surface area contributed by atoms with Crippen molar-refractivity contribution in [3.8, 4) is 5.75 Å². The average molecular weight is 548 g/mol. The van der Waals surface area contributed by atoms with Crippen molar-refractivity contribution >= 4 is 39.1 Å². The number of aromatic nitrogens is 3. The number of nitrogens with two attached hydrogens (primary N) is 1. The molecule has 1 aliphatic rings. The Hall–Kier alpha value is -2.69. The van der Waals surface area contributed by atoms with Crippen LogP contribution >= 0.6 is 11.6 Å². The van der Waals surface area contributed by atoms with E-state index in [1.807, 2.05) is 32.1 Å². The van der Waals surface area contributed by atoms with Gasteiger partial charge in [-0.1, -0.05) is 18.5 Å². The summed E-state index contributed by atoms with van der Waals surface area (Å²) in [5, 5.41) is 2.05. The number of halogens is 2. The fourth-order valence-corrected chi connectivity index (χ4v) is 5.88. The van der Waals surface area contributed by atoms with Crippen molar-refractivity contribution in [2.24, 2.45) is 5.92 Å². The minimum absolute atomic E-state index is 0.137. The second-order valence-corrected chi connectivity index (χ2v) is 12.8. The maximum absolute atomic E-state index is 15.5. The van der Waals surface area contributed by atoms with Crippen LogP contribution in [0.15, 0.2) is 18.5 Å². The van der Waals surface area contributed by atoms with Crippen molar-refractivity contribution in [2.45, 2.75) is 58.1 Å². The highest BCUT2D eigenvalue weighted by molar-refractivity contribution is 6.31. The van der Waals surface area contributed by atoms with Gasteiger partial charge in [0.1, 0.15) is 28.5 Å². The number of carbonyl (C=O) groups excluding carboxylic acids is 1. The molecule has 11 heteroatoms. The number of amides is 1. The lowest BCUT2D eigenvalue weighted by Gasteiger charge is -2.29. The minimum atomic E-state index is -0.792. The number of nitrogen functional groups attached to an aromatic ring is 1. The Labute approximate surface area is 224 Å². The van der Waals surface area contributed by atoms with E-state index < -0.39 is 16.8 Å². The van der Waals surface area contributed by atoms with Gasteiger partial charge in [-0.3, -0.25) is 9.20 Å². The summed E-state index contributed by atoms with van der Waals surface area (Å²) in [6, 6.07) is 1.56. The zero-order valence-corrected chi connectivity index (χ0v) is 24.8. The normalized spacial score (nSPS) is 16.3. The summed E-state index contributed by atoms with van der Waals surface area (Å²) in [7, 11) is 0.551. The number of hydrogen-bond donors (Lipinski definition) is 2. The van der Waals surface area contributed by atoms with Crippen LogP contribution in [0, 0.1) is 18.7 Å². The summed E-state index contributed by atoms with van der Waals surface area (Å²) >= 11 is 6.40. The minimum Gasteiger partial charge on any atom is -0.490 e. The van der Waals surface area contributed by atoms with Crippen LogP contribution < -0.4 is 15.8 Å². The van der Waals surface area contributed by atoms with E-state index >= 15 is 4.39 Å². The molecule has 37 heavy (non-hydrogen) atoms. The molecular weight excluding hydrogens is 513 g/mol. The third-order valence-corrected chi connectivity index (χ3v) is 8.18. The predicted octanol–water partition coefficient (Wildman–Crippen LogP) is 3.38. The van der Waals surface area contributed by atoms with Gasteiger partial charge in [-0.25, -0.2) is 14.4 Å². The number of hydrogen-bond acceptors (Lipinski definition) is 6. The number of rotatable bonds is 8. The van der Waals surface area contributed by atoms with E-state index in [1.165, 1.54) is 0 Å². The molecule has 0 saturated carbocycles. The fraction of sp³-hybridized carbons (Fsp3) is 0.500. The Morgan fingerprint density at radius 2 is 2.14 bits per heavy atom. The molecule has 4 rings (SSSR count). The van der Waals surface area contributed by atoms with E-state index in [1.54, 1.807) is 18.5 Å². The van der Waals surface area contributed by atoms with Gasteiger partial charge in [0.2, 0.25) is 0 Å². The number of aryl methyl sites for hydroxylation is 1. The Bertz CT molecular complexity index is 1310. The summed E-state index contributed by atoms with van der Waals surface area (Å²) in [4.78, 5) is 22.4. The number of benzene rings is 1. The van der Waals surface area contributed by atoms with Gasteiger partial charge in [0.05, 0.1) is 16.8 Å². The third kappa shape index (κ3) is 5.46. The van der Waals surface area contributed by atoms with Crippen LogP contribution in [0.5, 0.6) is 5.75 Å². The molecule has 1 atom stereocenters. The molecule has 1 aliphatic heterocycles. The molecule has 3 N–H and O–H groups in total. The first-order valence-electron chi connectivity index (χ1n) is 12.7. The molecule has 1 saturated heterocycles. The van der Waals surface area contributed by atoms with Crippen LogP contribution in [0.4, 0.5) is 10.2 Å². The zero-order valence-electron chi connectivity index (χ0n) is 22.0. The van der Waals surface area contributed by atoms with Crippen molar-refractivity contribution in [3.05, 3.63) is 51.9 Å². The summed E-state index contributed by atoms with van der Waals surface area (Å²) in [6.07, 6.45) is 5.84. The summed E-state index contributed by atoms with van der Waals surface area (Å²) in [6.45, 7) is 9.45. The van der Waals surface area contributed by atoms with Gasteiger partial charge in [0.25, 0.3) is 5.91 Å². The standard InChI is InChI=1S/C26H35ClFN5O3Si/c1-14(2)36-22-17(26(4,37)25-32-15(3)21-23(29)30-9-10-33(21)25)13-18(27)20(28)19(22)24(34)31-8-5-16-6-11-35-12-7-16/h9-10,13-14,16H,5-8,11-12H2,1-4,37H3,(H2,29,30)(H,31,34)/t26-/m0/s1. The Kier molecular flexibility index (Phi) is 8.10. The average Bonchev–Trinajstić information content (AvgIpc) is 3.20. The molecular formula is C26H35ClFN5O3Si. The monoisotopic (exact) mass is 547 g/mol. The molecule has 0 unspecified atom stereocenters. The summed E-state index contributed by atoms with van der Waals surface area (Å²) in [5.41, 5.74) is 8.01. The third-order valence-electron chi connectivity index (χ3n) is 6.92. The topological polar surface area (TPSA) is 104 Å². The van der Waals surface area contributed by atoms with Crippen molar-refractivity contribution < 1.29 is 18.7 Å². The first kappa shape index (κ1) is 27.3. The van der Waals surface area contributed by atoms with E-state index in [9.17, 15) is 4.79 Å². The number of imidazole rings is 1. The number of anilines is 1. The second kappa shape index (κ2) is 11.0. The first-order valence-corrected chi connectivity index (χ1v) is 14.0. The molecule has 1 aromatic carbocycles. The van der Waals surface area contributed by atoms with E-state index in [2.05, 4.69) is 10.3 Å². The van der Waals surface area contributed by atoms with E-state index in [0.717, 1.165) is 38.2 Å². The smallest absolute Gasteiger partial charge is 0.258 e. The lowest BCUT2D eigenvalue weighted by atomic mass is 9.94. The predicted molar refractivity (Wildman–Crippen MR) is 146 cm³/mol. The Morgan fingerprint density at radius 1 is 1.43 bits per heavy atom. The number of carbonyl (C=O) groups is 1. The van der Waals surface area contributed by atoms with E-state index in [0.29, 0.717) is 45.4 Å². The molecule has 0 spiro atoms. The molecule has 3 heterocycles. The molecule has 1 fully saturated rings. The maximum Gasteiger partial charge on any atom is 0.258 e. The van der Waals surface area contributed by atoms with Crippen molar-refractivity contribution in [3.63, 3.8) is 0 Å². The van der Waals surface area contributed by atoms with Crippen molar-refractivity contribution in [2.75, 3.05) is 25.5 Å².